The third-order valence-corrected chi connectivity index (χ3v) is 0. The highest BCUT2D eigenvalue weighted by molar-refractivity contribution is 5.75. The predicted octanol–water partition coefficient (Wildman–Crippen LogP) is 0.229. The van der Waals surface area contributed by atoms with Gasteiger partial charge in [0.2, 0.25) is 0 Å². The van der Waals surface area contributed by atoms with Gasteiger partial charge in [0.25, 0.3) is 0 Å². The topological polar surface area (TPSA) is 0 Å². The van der Waals surface area contributed by atoms with Crippen LogP contribution in [0.4, 0.5) is 18.8 Å². The Hall–Kier alpha value is -0.0631. The van der Waals surface area contributed by atoms with E-state index in [2.05, 4.69) is 0 Å². The summed E-state index contributed by atoms with van der Waals surface area (Å²) in [6.45, 7) is 0. The summed E-state index contributed by atoms with van der Waals surface area (Å²) in [5, 5.41) is 0. The average molecular weight is 108 g/mol. The van der Waals surface area contributed by atoms with Gasteiger partial charge in [0, 0.05) is 11.0 Å². The van der Waals surface area contributed by atoms with Crippen LogP contribution >= 0.6 is 0 Å². The Morgan fingerprint density at radius 1 is 0.400 bits per heavy atom. The Morgan fingerprint density at radius 3 is 0.400 bits per heavy atom. The maximum atomic E-state index is 0. The van der Waals surface area contributed by atoms with E-state index in [9.17, 15) is 0 Å². The summed E-state index contributed by atoms with van der Waals surface area (Å²) in [6, 6.07) is 0. The van der Waals surface area contributed by atoms with Gasteiger partial charge < -0.3 is 0 Å². The molecule has 0 bridgehead atoms. The lowest BCUT2D eigenvalue weighted by Gasteiger charge is -0.270. The average Bonchev–Trinajstić information content (AvgIpc) is 0. The van der Waals surface area contributed by atoms with Gasteiger partial charge in [-0.2, -0.15) is 0 Å². The predicted molar refractivity (Wildman–Crippen MR) is 15.8 cm³/mol. The molecule has 0 rings (SSSR count). The molecule has 0 aromatic carbocycles. The summed E-state index contributed by atoms with van der Waals surface area (Å²) in [7, 11) is 0. The molecule has 0 aliphatic rings. The second kappa shape index (κ2) is 8520. The fourth-order valence-electron chi connectivity index (χ4n) is 0. The normalized spacial score (nSPS) is 0. The van der Waals surface area contributed by atoms with Gasteiger partial charge in [-0.3, -0.25) is 18.8 Å². The summed E-state index contributed by atoms with van der Waals surface area (Å²) >= 11 is 0. The standard InChI is InChI=1S/4FH.Si/h4*1H;. The van der Waals surface area contributed by atoms with E-state index in [1.807, 2.05) is 0 Å². The van der Waals surface area contributed by atoms with Gasteiger partial charge >= 0.3 is 0 Å². The van der Waals surface area contributed by atoms with Crippen LogP contribution in [-0.2, 0) is 0 Å². The Labute approximate surface area is 31.1 Å². The van der Waals surface area contributed by atoms with Crippen molar-refractivity contribution in [1.29, 1.82) is 0 Å². The molecular formula is H4F4Si. The molecule has 0 saturated heterocycles. The van der Waals surface area contributed by atoms with Gasteiger partial charge in [-0.15, -0.1) is 0 Å². The van der Waals surface area contributed by atoms with Crippen LogP contribution in [0.5, 0.6) is 0 Å². The van der Waals surface area contributed by atoms with Crippen LogP contribution < -0.4 is 0 Å². The summed E-state index contributed by atoms with van der Waals surface area (Å²) in [5.74, 6) is 0. The minimum absolute atomic E-state index is 0. The Bertz CT molecular complexity index is 3.61. The first-order valence-corrected chi connectivity index (χ1v) is 0. The van der Waals surface area contributed by atoms with E-state index in [1.54, 1.807) is 0 Å². The van der Waals surface area contributed by atoms with Crippen molar-refractivity contribution in [2.45, 2.75) is 0 Å². The van der Waals surface area contributed by atoms with E-state index in [0.29, 0.717) is 0 Å². The van der Waals surface area contributed by atoms with Crippen LogP contribution in [0.1, 0.15) is 0 Å². The quantitative estimate of drug-likeness (QED) is 0.308. The first-order chi connectivity index (χ1) is 0. The zero-order valence-electron chi connectivity index (χ0n) is 2.13. The highest BCUT2D eigenvalue weighted by Gasteiger charge is 0.0000151. The van der Waals surface area contributed by atoms with Gasteiger partial charge in [0.05, 0.1) is 0 Å². The maximum Gasteiger partial charge on any atom is 0 e. The van der Waals surface area contributed by atoms with Crippen LogP contribution in [-0.4, -0.2) is 11.0 Å². The Kier molecular flexibility index (Phi) is 32700000. The number of hydrogen-bond donors (Lipinski definition) is 0. The van der Waals surface area contributed by atoms with Crippen LogP contribution in [0.3, 0.4) is 0 Å². The molecule has 0 aromatic heterocycles. The van der Waals surface area contributed by atoms with E-state index in [-0.39, 0.29) is 29.8 Å². The van der Waals surface area contributed by atoms with Crippen molar-refractivity contribution in [3.63, 3.8) is 0 Å². The number of halogens is 4. The largest absolute Gasteiger partial charge is 0.269 e. The fraction of sp³-hybridized carbons (Fsp3) is 0. The molecule has 0 saturated carbocycles. The molecule has 0 nitrogen and oxygen atoms in total. The molecule has 36 valence electrons. The highest BCUT2D eigenvalue weighted by Crippen LogP contribution is 0.423. The van der Waals surface area contributed by atoms with Gasteiger partial charge in [-0.05, 0) is 0 Å². The van der Waals surface area contributed by atoms with Gasteiger partial charge in [0.15, 0.2) is 0 Å². The minimum atomic E-state index is 0. The molecule has 0 atom stereocenters. The van der Waals surface area contributed by atoms with E-state index < -0.39 is 0 Å². The molecule has 0 heterocycles. The molecule has 0 aromatic rings. The minimum Gasteiger partial charge on any atom is -0.269 e. The lowest BCUT2D eigenvalue weighted by Crippen LogP contribution is -0.381. The van der Waals surface area contributed by atoms with Gasteiger partial charge in [0.1, 0.15) is 0 Å². The van der Waals surface area contributed by atoms with Crippen molar-refractivity contribution in [3.8, 4) is 0 Å². The molecule has 0 amide bonds. The molecule has 0 fully saturated rings. The monoisotopic (exact) mass is 108 g/mol. The molecule has 5 heteroatoms. The lowest BCUT2D eigenvalue weighted by molar-refractivity contribution is 1.11. The molecule has 5 heavy (non-hydrogen) atoms. The summed E-state index contributed by atoms with van der Waals surface area (Å²) in [6.07, 6.45) is 0. The molecule has 4 radical (unpaired) electrons. The first-order valence-electron chi connectivity index (χ1n) is 0. The summed E-state index contributed by atoms with van der Waals surface area (Å²) < 4.78 is 0. The molecule has 0 aliphatic heterocycles. The smallest absolute Gasteiger partial charge is 0 e. The van der Waals surface area contributed by atoms with Crippen molar-refractivity contribution >= 4 is 11.0 Å². The van der Waals surface area contributed by atoms with E-state index in [0.717, 1.165) is 0 Å². The van der Waals surface area contributed by atoms with Gasteiger partial charge in [-0.1, -0.05) is 0 Å². The number of hydrogen-bond acceptors (Lipinski definition) is 0. The maximum absolute atomic E-state index is 0. The van der Waals surface area contributed by atoms with Crippen LogP contribution in [0.2, 0.25) is 0 Å². The third-order valence-electron chi connectivity index (χ3n) is 0. The first kappa shape index (κ1) is 19200. The highest BCUT2D eigenvalue weighted by atomic mass is 28.1. The molecule has 0 aliphatic carbocycles. The Balaban J connectivity index is 0. The zero-order chi connectivity index (χ0) is 0. The second-order valence-corrected chi connectivity index (χ2v) is 0. The van der Waals surface area contributed by atoms with Crippen molar-refractivity contribution in [2.24, 2.45) is 0 Å². The van der Waals surface area contributed by atoms with Crippen molar-refractivity contribution in [3.05, 3.63) is 0 Å². The van der Waals surface area contributed by atoms with Crippen LogP contribution in [0.15, 0.2) is 0 Å². The van der Waals surface area contributed by atoms with Crippen LogP contribution in [0, 0.1) is 0 Å². The molecular weight excluding hydrogens is 104 g/mol. The third kappa shape index (κ3) is 3710. The molecule has 0 N–H and O–H groups in total. The summed E-state index contributed by atoms with van der Waals surface area (Å²) in [4.78, 5) is 0. The van der Waals surface area contributed by atoms with E-state index >= 15 is 0 Å². The zero-order valence-corrected chi connectivity index (χ0v) is 3.13. The van der Waals surface area contributed by atoms with E-state index in [1.165, 1.54) is 0 Å². The SMILES string of the molecule is F.F.F.F.[Si]. The molecule has 0 spiro atoms. The second-order valence-electron chi connectivity index (χ2n) is 0. The van der Waals surface area contributed by atoms with Crippen LogP contribution in [0.25, 0.3) is 0 Å². The number of rotatable bonds is 0. The van der Waals surface area contributed by atoms with Crippen molar-refractivity contribution in [1.82, 2.24) is 0 Å². The lowest BCUT2D eigenvalue weighted by atomic mass is 19.0. The molecule has 0 unspecified atom stereocenters. The van der Waals surface area contributed by atoms with Crippen molar-refractivity contribution < 1.29 is 18.8 Å². The summed E-state index contributed by atoms with van der Waals surface area (Å²) in [5.41, 5.74) is 0. The van der Waals surface area contributed by atoms with E-state index in [4.69, 9.17) is 0 Å². The van der Waals surface area contributed by atoms with Gasteiger partial charge in [-0.25, -0.2) is 0 Å². The van der Waals surface area contributed by atoms with Crippen molar-refractivity contribution in [2.75, 3.05) is 0 Å². The fourth-order valence-corrected chi connectivity index (χ4v) is 0. The Morgan fingerprint density at radius 2 is 0.400 bits per heavy atom.